The zero-order valence-corrected chi connectivity index (χ0v) is 26.1. The summed E-state index contributed by atoms with van der Waals surface area (Å²) in [5.41, 5.74) is -1.21. The molecule has 0 fully saturated rings. The Labute approximate surface area is 262 Å². The predicted octanol–water partition coefficient (Wildman–Crippen LogP) is -15.3. The Morgan fingerprint density at radius 1 is 0.711 bits per heavy atom. The van der Waals surface area contributed by atoms with Crippen LogP contribution in [0.25, 0.3) is 0 Å². The number of amides is 2. The molecule has 0 saturated heterocycles. The van der Waals surface area contributed by atoms with E-state index < -0.39 is 104 Å². The van der Waals surface area contributed by atoms with E-state index in [1.807, 2.05) is 10.6 Å². The molecule has 38 heavy (non-hydrogen) atoms. The van der Waals surface area contributed by atoms with Crippen LogP contribution in [0.2, 0.25) is 0 Å². The van der Waals surface area contributed by atoms with Crippen molar-refractivity contribution in [3.8, 4) is 0 Å². The van der Waals surface area contributed by atoms with Crippen molar-refractivity contribution in [2.75, 3.05) is 23.8 Å². The molecule has 0 unspecified atom stereocenters. The first-order valence-electron chi connectivity index (χ1n) is 10.0. The molecule has 12 N–H and O–H groups in total. The molecule has 0 saturated carbocycles. The third kappa shape index (κ3) is 11.1. The molecule has 0 radical (unpaired) electrons. The fourth-order valence-electron chi connectivity index (χ4n) is 2.68. The first-order chi connectivity index (χ1) is 16.6. The summed E-state index contributed by atoms with van der Waals surface area (Å²) in [5.74, 6) is -3.02. The second kappa shape index (κ2) is 17.8. The van der Waals surface area contributed by atoms with Gasteiger partial charge in [-0.25, -0.2) is 0 Å². The first-order valence-corrected chi connectivity index (χ1v) is 13.2. The van der Waals surface area contributed by atoms with Gasteiger partial charge in [-0.1, -0.05) is 0 Å². The van der Waals surface area contributed by atoms with E-state index in [9.17, 15) is 62.4 Å². The van der Waals surface area contributed by atoms with Gasteiger partial charge in [0.2, 0.25) is 0 Å². The number of rotatable bonds is 13. The Balaban J connectivity index is 0. The molecule has 206 valence electrons. The fourth-order valence-corrected chi connectivity index (χ4v) is 3.83. The smallest absolute Gasteiger partial charge is 1.00 e. The standard InChI is InChI=1S/C18H29AsN2O15.2Na/c22-4-9(24)11(26)13(28)15(30)17(32)20-7-2-1-6(19(34,35)36)3-8(7)21-18(33)16(31)14(29)12(27)10(25)5-23;;/h1-3,9-16,22-31H,4-5H2,(H,20,32)(H,21,33)(H2,34,35,36);;/q;2*+1/p-2/t9-,10-,11-,12-,13+,14+,15-,16-;;/m1../s1. The Morgan fingerprint density at radius 3 is 1.42 bits per heavy atom. The van der Waals surface area contributed by atoms with E-state index in [2.05, 4.69) is 0 Å². The quantitative estimate of drug-likeness (QED) is 0.0899. The van der Waals surface area contributed by atoms with Crippen molar-refractivity contribution in [2.45, 2.75) is 48.8 Å². The number of carbonyl (C=O) groups is 2. The summed E-state index contributed by atoms with van der Waals surface area (Å²) < 4.78 is 33.4. The molecule has 1 rings (SSSR count). The van der Waals surface area contributed by atoms with Crippen LogP contribution in [0, 0.1) is 0 Å². The topological polar surface area (TPSA) is 324 Å². The summed E-state index contributed by atoms with van der Waals surface area (Å²) >= 11 is -6.10. The van der Waals surface area contributed by atoms with E-state index in [0.717, 1.165) is 6.07 Å². The molecule has 0 aromatic heterocycles. The summed E-state index contributed by atoms with van der Waals surface area (Å²) in [6.45, 7) is -2.08. The SMILES string of the molecule is O=C(Nc1ccc([As](=O)([O-])[O-])cc1NC(=O)[C@H](O)[C@@H](O)[C@H](O)[C@H](O)CO)[C@H](O)[C@@H](O)[C@H](O)[C@H](O)CO.[Na+].[Na+]. The van der Waals surface area contributed by atoms with Crippen molar-refractivity contribution in [1.82, 2.24) is 0 Å². The number of nitrogens with one attached hydrogen (secondary N) is 2. The van der Waals surface area contributed by atoms with E-state index in [1.165, 1.54) is 0 Å². The molecule has 0 bridgehead atoms. The van der Waals surface area contributed by atoms with E-state index >= 15 is 0 Å². The number of benzene rings is 1. The average Bonchev–Trinajstić information content (AvgIpc) is 2.84. The first kappa shape index (κ1) is 40.2. The molecule has 0 aliphatic heterocycles. The molecular weight excluding hydrogens is 605 g/mol. The fraction of sp³-hybridized carbons (Fsp3) is 0.556. The third-order valence-electron chi connectivity index (χ3n) is 4.88. The van der Waals surface area contributed by atoms with Gasteiger partial charge in [0.1, 0.15) is 0 Å². The van der Waals surface area contributed by atoms with Crippen molar-refractivity contribution >= 4 is 41.7 Å². The van der Waals surface area contributed by atoms with Crippen LogP contribution in [0.1, 0.15) is 0 Å². The Kier molecular flexibility index (Phi) is 18.8. The van der Waals surface area contributed by atoms with Crippen molar-refractivity contribution in [3.05, 3.63) is 18.2 Å². The molecular formula is C18H27AsN2Na2O15. The van der Waals surface area contributed by atoms with Crippen molar-refractivity contribution in [2.24, 2.45) is 0 Å². The van der Waals surface area contributed by atoms with Gasteiger partial charge in [-0.15, -0.1) is 0 Å². The van der Waals surface area contributed by atoms with E-state index in [1.54, 1.807) is 0 Å². The summed E-state index contributed by atoms with van der Waals surface area (Å²) in [6.07, 6.45) is -17.9. The van der Waals surface area contributed by atoms with Gasteiger partial charge in [0.05, 0.1) is 0 Å². The minimum atomic E-state index is -6.10. The van der Waals surface area contributed by atoms with Gasteiger partial charge in [-0.2, -0.15) is 0 Å². The van der Waals surface area contributed by atoms with Crippen LogP contribution in [-0.4, -0.2) is 139 Å². The van der Waals surface area contributed by atoms with Gasteiger partial charge < -0.3 is 0 Å². The van der Waals surface area contributed by atoms with Gasteiger partial charge in [0.15, 0.2) is 0 Å². The molecule has 0 heterocycles. The van der Waals surface area contributed by atoms with Crippen LogP contribution in [-0.2, 0) is 13.3 Å². The van der Waals surface area contributed by atoms with Crippen LogP contribution >= 0.6 is 0 Å². The van der Waals surface area contributed by atoms with E-state index in [4.69, 9.17) is 10.2 Å². The predicted molar refractivity (Wildman–Crippen MR) is 112 cm³/mol. The summed E-state index contributed by atoms with van der Waals surface area (Å²) in [7, 11) is 0. The van der Waals surface area contributed by atoms with Crippen LogP contribution in [0.4, 0.5) is 11.4 Å². The monoisotopic (exact) mass is 632 g/mol. The molecule has 1 aromatic carbocycles. The average molecular weight is 632 g/mol. The molecule has 8 atom stereocenters. The van der Waals surface area contributed by atoms with Gasteiger partial charge >= 0.3 is 264 Å². The number of hydrogen-bond acceptors (Lipinski definition) is 15. The van der Waals surface area contributed by atoms with Crippen molar-refractivity contribution in [3.63, 3.8) is 0 Å². The maximum absolute atomic E-state index is 12.3. The molecule has 0 aliphatic rings. The molecule has 0 spiro atoms. The van der Waals surface area contributed by atoms with E-state index in [0.29, 0.717) is 12.1 Å². The zero-order valence-electron chi connectivity index (χ0n) is 20.2. The van der Waals surface area contributed by atoms with Crippen LogP contribution in [0.5, 0.6) is 0 Å². The molecule has 0 aliphatic carbocycles. The molecule has 1 aromatic rings. The summed E-state index contributed by atoms with van der Waals surface area (Å²) in [5, 5.41) is 98.8. The summed E-state index contributed by atoms with van der Waals surface area (Å²) in [4.78, 5) is 24.6. The Bertz CT molecular complexity index is 954. The second-order valence-corrected chi connectivity index (χ2v) is 10.7. The molecule has 20 heteroatoms. The van der Waals surface area contributed by atoms with E-state index in [-0.39, 0.29) is 59.1 Å². The van der Waals surface area contributed by atoms with Crippen molar-refractivity contribution in [1.29, 1.82) is 0 Å². The van der Waals surface area contributed by atoms with Crippen LogP contribution < -0.4 is 82.3 Å². The second-order valence-electron chi connectivity index (χ2n) is 7.56. The van der Waals surface area contributed by atoms with Gasteiger partial charge in [-0.3, -0.25) is 0 Å². The van der Waals surface area contributed by atoms with Gasteiger partial charge in [0.25, 0.3) is 0 Å². The summed E-state index contributed by atoms with van der Waals surface area (Å²) in [6, 6.07) is 2.04. The number of aliphatic hydroxyl groups is 10. The zero-order chi connectivity index (χ0) is 28.0. The number of carbonyl (C=O) groups excluding carboxylic acids is 2. The normalized spacial score (nSPS) is 17.8. The molecule has 17 nitrogen and oxygen atoms in total. The Morgan fingerprint density at radius 2 is 1.08 bits per heavy atom. The number of hydrogen-bond donors (Lipinski definition) is 12. The van der Waals surface area contributed by atoms with Crippen LogP contribution in [0.15, 0.2) is 18.2 Å². The number of aliphatic hydroxyl groups excluding tert-OH is 10. The van der Waals surface area contributed by atoms with Gasteiger partial charge in [0, 0.05) is 0 Å². The number of anilines is 2. The Hall–Kier alpha value is 0.0384. The third-order valence-corrected chi connectivity index (χ3v) is 6.79. The van der Waals surface area contributed by atoms with Gasteiger partial charge in [-0.05, 0) is 0 Å². The molecule has 2 amide bonds. The minimum Gasteiger partial charge on any atom is 1.00 e. The maximum atomic E-state index is 12.3. The van der Waals surface area contributed by atoms with Crippen molar-refractivity contribution < 1.29 is 132 Å². The minimum absolute atomic E-state index is 0. The van der Waals surface area contributed by atoms with Crippen LogP contribution in [0.3, 0.4) is 0 Å².